The van der Waals surface area contributed by atoms with Gasteiger partial charge in [-0.2, -0.15) is 0 Å². The van der Waals surface area contributed by atoms with E-state index in [0.29, 0.717) is 57.1 Å². The van der Waals surface area contributed by atoms with Crippen molar-refractivity contribution in [3.63, 3.8) is 0 Å². The molecule has 1 amide bonds. The molecule has 174 valence electrons. The number of hydrogen-bond donors (Lipinski definition) is 2. The molecule has 0 bridgehead atoms. The van der Waals surface area contributed by atoms with E-state index >= 15 is 0 Å². The van der Waals surface area contributed by atoms with Crippen LogP contribution in [0.4, 0.5) is 5.82 Å². The topological polar surface area (TPSA) is 110 Å². The van der Waals surface area contributed by atoms with E-state index in [0.717, 1.165) is 17.8 Å². The molecule has 2 N–H and O–H groups in total. The fraction of sp³-hybridized carbons (Fsp3) is 0.455. The Hall–Kier alpha value is -2.85. The second-order valence-corrected chi connectivity index (χ2v) is 9.47. The van der Waals surface area contributed by atoms with Crippen LogP contribution in [-0.4, -0.2) is 53.2 Å². The van der Waals surface area contributed by atoms with Crippen LogP contribution in [0.5, 0.6) is 11.5 Å². The Morgan fingerprint density at radius 1 is 1.06 bits per heavy atom. The highest BCUT2D eigenvalue weighted by atomic mass is 32.2. The van der Waals surface area contributed by atoms with Gasteiger partial charge in [0.05, 0.1) is 4.90 Å². The van der Waals surface area contributed by atoms with E-state index in [1.54, 1.807) is 12.3 Å². The van der Waals surface area contributed by atoms with Gasteiger partial charge in [-0.3, -0.25) is 4.79 Å². The number of rotatable bonds is 11. The average molecular weight is 463 g/mol. The van der Waals surface area contributed by atoms with Crippen molar-refractivity contribution < 1.29 is 22.7 Å². The fourth-order valence-corrected chi connectivity index (χ4v) is 4.26. The van der Waals surface area contributed by atoms with E-state index in [1.165, 1.54) is 12.1 Å². The molecule has 32 heavy (non-hydrogen) atoms. The van der Waals surface area contributed by atoms with Gasteiger partial charge >= 0.3 is 0 Å². The monoisotopic (exact) mass is 462 g/mol. The van der Waals surface area contributed by atoms with Gasteiger partial charge in [-0.05, 0) is 42.7 Å². The lowest BCUT2D eigenvalue weighted by Crippen LogP contribution is -2.25. The highest BCUT2D eigenvalue weighted by molar-refractivity contribution is 7.89. The van der Waals surface area contributed by atoms with Gasteiger partial charge in [0, 0.05) is 45.9 Å². The molecule has 0 aliphatic carbocycles. The van der Waals surface area contributed by atoms with Crippen molar-refractivity contribution in [1.29, 1.82) is 0 Å². The van der Waals surface area contributed by atoms with Crippen LogP contribution in [-0.2, 0) is 21.4 Å². The number of nitrogens with one attached hydrogen (secondary N) is 2. The van der Waals surface area contributed by atoms with Crippen molar-refractivity contribution in [2.24, 2.45) is 0 Å². The molecule has 2 heterocycles. The minimum Gasteiger partial charge on any atom is -0.486 e. The minimum atomic E-state index is -3.62. The van der Waals surface area contributed by atoms with E-state index in [-0.39, 0.29) is 10.8 Å². The van der Waals surface area contributed by atoms with Crippen molar-refractivity contribution in [2.75, 3.05) is 38.8 Å². The first-order valence-corrected chi connectivity index (χ1v) is 12.1. The smallest absolute Gasteiger partial charge is 0.240 e. The Balaban J connectivity index is 1.33. The molecule has 0 saturated carbocycles. The van der Waals surface area contributed by atoms with Crippen LogP contribution < -0.4 is 24.4 Å². The molecule has 1 aliphatic heterocycles. The van der Waals surface area contributed by atoms with Crippen LogP contribution in [0.2, 0.25) is 0 Å². The number of carbonyl (C=O) groups excluding carboxylic acids is 1. The van der Waals surface area contributed by atoms with Crippen molar-refractivity contribution in [3.8, 4) is 11.5 Å². The molecule has 2 aromatic rings. The molecule has 0 saturated heterocycles. The third-order valence-corrected chi connectivity index (χ3v) is 6.41. The van der Waals surface area contributed by atoms with Crippen molar-refractivity contribution in [1.82, 2.24) is 15.0 Å². The van der Waals surface area contributed by atoms with E-state index in [1.807, 2.05) is 31.1 Å². The van der Waals surface area contributed by atoms with E-state index < -0.39 is 10.0 Å². The third kappa shape index (κ3) is 6.83. The van der Waals surface area contributed by atoms with Gasteiger partial charge in [-0.15, -0.1) is 0 Å². The molecular formula is C22H30N4O5S. The van der Waals surface area contributed by atoms with Crippen molar-refractivity contribution >= 4 is 21.7 Å². The number of sulfonamides is 1. The second-order valence-electron chi connectivity index (χ2n) is 7.71. The van der Waals surface area contributed by atoms with Gasteiger partial charge in [-0.25, -0.2) is 18.1 Å². The average Bonchev–Trinajstić information content (AvgIpc) is 2.79. The molecule has 9 nitrogen and oxygen atoms in total. The summed E-state index contributed by atoms with van der Waals surface area (Å²) in [6.45, 7) is 1.62. The molecule has 0 fully saturated rings. The van der Waals surface area contributed by atoms with Gasteiger partial charge in [0.2, 0.25) is 15.9 Å². The Morgan fingerprint density at radius 2 is 1.84 bits per heavy atom. The minimum absolute atomic E-state index is 0.0231. The molecule has 0 radical (unpaired) electrons. The van der Waals surface area contributed by atoms with Crippen LogP contribution in [0.15, 0.2) is 41.4 Å². The number of hydrogen-bond acceptors (Lipinski definition) is 7. The van der Waals surface area contributed by atoms with Crippen LogP contribution in [0.3, 0.4) is 0 Å². The van der Waals surface area contributed by atoms with Crippen molar-refractivity contribution in [2.45, 2.75) is 37.1 Å². The third-order valence-electron chi connectivity index (χ3n) is 4.95. The summed E-state index contributed by atoms with van der Waals surface area (Å²) in [6, 6.07) is 8.40. The maximum Gasteiger partial charge on any atom is 0.240 e. The molecule has 0 spiro atoms. The largest absolute Gasteiger partial charge is 0.486 e. The first-order chi connectivity index (χ1) is 15.3. The molecule has 1 aliphatic rings. The Morgan fingerprint density at radius 3 is 2.62 bits per heavy atom. The summed E-state index contributed by atoms with van der Waals surface area (Å²) in [6.07, 6.45) is 4.21. The fourth-order valence-electron chi connectivity index (χ4n) is 3.17. The van der Waals surface area contributed by atoms with E-state index in [2.05, 4.69) is 15.0 Å². The number of anilines is 1. The van der Waals surface area contributed by atoms with E-state index in [9.17, 15) is 13.2 Å². The lowest BCUT2D eigenvalue weighted by Gasteiger charge is -2.18. The number of benzene rings is 1. The quantitative estimate of drug-likeness (QED) is 0.492. The van der Waals surface area contributed by atoms with Crippen LogP contribution in [0, 0.1) is 0 Å². The van der Waals surface area contributed by atoms with Crippen LogP contribution in [0.1, 0.15) is 31.2 Å². The summed E-state index contributed by atoms with van der Waals surface area (Å²) in [5.41, 5.74) is 0.991. The zero-order chi connectivity index (χ0) is 23.0. The number of unbranched alkanes of at least 4 members (excludes halogenated alkanes) is 2. The summed E-state index contributed by atoms with van der Waals surface area (Å²) in [5.74, 6) is 1.81. The predicted molar refractivity (Wildman–Crippen MR) is 121 cm³/mol. The first-order valence-electron chi connectivity index (χ1n) is 10.6. The molecule has 1 aromatic heterocycles. The van der Waals surface area contributed by atoms with Gasteiger partial charge in [0.25, 0.3) is 0 Å². The van der Waals surface area contributed by atoms with E-state index in [4.69, 9.17) is 9.47 Å². The number of pyridine rings is 1. The van der Waals surface area contributed by atoms with Gasteiger partial charge in [0.1, 0.15) is 19.0 Å². The first kappa shape index (κ1) is 23.8. The number of amides is 1. The Bertz CT molecular complexity index is 1030. The summed E-state index contributed by atoms with van der Waals surface area (Å²) in [7, 11) is 0.216. The highest BCUT2D eigenvalue weighted by Crippen LogP contribution is 2.32. The molecular weight excluding hydrogens is 432 g/mol. The van der Waals surface area contributed by atoms with Crippen LogP contribution in [0.25, 0.3) is 0 Å². The second kappa shape index (κ2) is 11.1. The summed E-state index contributed by atoms with van der Waals surface area (Å²) in [4.78, 5) is 18.4. The standard InChI is InChI=1S/C22H30N4O5S/c1-26(2)21-14-17(9-11-23-21)16-24-22(27)6-4-3-5-10-25-32(28,29)18-7-8-19-20(15-18)31-13-12-30-19/h7-9,11,14-15,25H,3-6,10,12-13,16H2,1-2H3,(H,24,27). The number of fused-ring (bicyclic) bond motifs is 1. The molecule has 3 rings (SSSR count). The molecule has 0 unspecified atom stereocenters. The maximum absolute atomic E-state index is 12.5. The summed E-state index contributed by atoms with van der Waals surface area (Å²) >= 11 is 0. The molecule has 1 aromatic carbocycles. The predicted octanol–water partition coefficient (Wildman–Crippen LogP) is 2.07. The summed E-state index contributed by atoms with van der Waals surface area (Å²) < 4.78 is 38.4. The Kier molecular flexibility index (Phi) is 8.29. The summed E-state index contributed by atoms with van der Waals surface area (Å²) in [5, 5.41) is 2.91. The lowest BCUT2D eigenvalue weighted by molar-refractivity contribution is -0.121. The highest BCUT2D eigenvalue weighted by Gasteiger charge is 2.18. The molecule has 0 atom stereocenters. The number of carbonyl (C=O) groups is 1. The zero-order valence-electron chi connectivity index (χ0n) is 18.5. The van der Waals surface area contributed by atoms with Gasteiger partial charge < -0.3 is 19.7 Å². The zero-order valence-corrected chi connectivity index (χ0v) is 19.3. The SMILES string of the molecule is CN(C)c1cc(CNC(=O)CCCCCNS(=O)(=O)c2ccc3c(c2)OCCO3)ccn1. The van der Waals surface area contributed by atoms with Crippen molar-refractivity contribution in [3.05, 3.63) is 42.1 Å². The van der Waals surface area contributed by atoms with Gasteiger partial charge in [0.15, 0.2) is 11.5 Å². The van der Waals surface area contributed by atoms with Gasteiger partial charge in [-0.1, -0.05) is 6.42 Å². The number of ether oxygens (including phenoxy) is 2. The number of nitrogens with zero attached hydrogens (tertiary/aromatic N) is 2. The normalized spacial score (nSPS) is 12.9. The maximum atomic E-state index is 12.5. The molecule has 10 heteroatoms. The number of aromatic nitrogens is 1. The Labute approximate surface area is 189 Å². The lowest BCUT2D eigenvalue weighted by atomic mass is 10.2. The van der Waals surface area contributed by atoms with Crippen LogP contribution >= 0.6 is 0 Å².